The molecule has 0 aromatic carbocycles. The maximum atomic E-state index is 12.2. The predicted octanol–water partition coefficient (Wildman–Crippen LogP) is 4.55. The Kier molecular flexibility index (Phi) is 8.93. The van der Waals surface area contributed by atoms with Crippen molar-refractivity contribution in [2.24, 2.45) is 5.92 Å². The fraction of sp³-hybridized carbons (Fsp3) is 0.696. The van der Waals surface area contributed by atoms with Gasteiger partial charge in [-0.3, -0.25) is 4.79 Å². The van der Waals surface area contributed by atoms with Crippen LogP contribution >= 0.6 is 0 Å². The Hall–Kier alpha value is -2.31. The number of rotatable bonds is 8. The summed E-state index contributed by atoms with van der Waals surface area (Å²) in [5.74, 6) is 1.20. The molecule has 2 rings (SSSR count). The Morgan fingerprint density at radius 1 is 1.17 bits per heavy atom. The van der Waals surface area contributed by atoms with E-state index in [2.05, 4.69) is 4.98 Å². The molecule has 7 nitrogen and oxygen atoms in total. The van der Waals surface area contributed by atoms with Crippen LogP contribution in [0.3, 0.4) is 0 Å². The van der Waals surface area contributed by atoms with Gasteiger partial charge in [0.15, 0.2) is 0 Å². The second kappa shape index (κ2) is 11.2. The van der Waals surface area contributed by atoms with Gasteiger partial charge in [-0.15, -0.1) is 0 Å². The number of nitrogens with zero attached hydrogens (tertiary/aromatic N) is 2. The standard InChI is InChI=1S/C23H36N2O5/c1-23(2,3)30-22(27)25-14-12-17(13-15-25)6-7-18(9-11-21(26)29-5)19-8-10-20(28-4)24-16-19/h8,10,16-18H,6-7,9,11-15H2,1-5H3. The van der Waals surface area contributed by atoms with Crippen LogP contribution in [-0.2, 0) is 14.3 Å². The lowest BCUT2D eigenvalue weighted by Crippen LogP contribution is -2.41. The number of amides is 1. The Labute approximate surface area is 180 Å². The summed E-state index contributed by atoms with van der Waals surface area (Å²) in [4.78, 5) is 30.0. The summed E-state index contributed by atoms with van der Waals surface area (Å²) in [6, 6.07) is 3.89. The zero-order valence-electron chi connectivity index (χ0n) is 19.0. The quantitative estimate of drug-likeness (QED) is 0.574. The first-order chi connectivity index (χ1) is 14.2. The van der Waals surface area contributed by atoms with E-state index in [0.29, 0.717) is 18.2 Å². The third kappa shape index (κ3) is 7.84. The normalized spacial score (nSPS) is 16.1. The van der Waals surface area contributed by atoms with E-state index in [1.807, 2.05) is 44.0 Å². The van der Waals surface area contributed by atoms with E-state index in [1.54, 1.807) is 7.11 Å². The SMILES string of the molecule is COC(=O)CCC(CCC1CCN(C(=O)OC(C)(C)C)CC1)c1ccc(OC)nc1. The molecule has 0 bridgehead atoms. The molecule has 1 amide bonds. The number of hydrogen-bond acceptors (Lipinski definition) is 6. The first kappa shape index (κ1) is 24.0. The number of carbonyl (C=O) groups is 2. The van der Waals surface area contributed by atoms with Crippen LogP contribution in [0.1, 0.15) is 70.8 Å². The zero-order valence-corrected chi connectivity index (χ0v) is 19.0. The molecule has 1 fully saturated rings. The molecule has 2 heterocycles. The van der Waals surface area contributed by atoms with Crippen LogP contribution < -0.4 is 4.74 Å². The molecule has 0 N–H and O–H groups in total. The lowest BCUT2D eigenvalue weighted by atomic mass is 9.84. The number of likely N-dealkylation sites (tertiary alicyclic amines) is 1. The Balaban J connectivity index is 1.88. The molecule has 1 atom stereocenters. The minimum atomic E-state index is -0.465. The van der Waals surface area contributed by atoms with Gasteiger partial charge in [0.1, 0.15) is 5.60 Å². The molecule has 0 saturated carbocycles. The summed E-state index contributed by atoms with van der Waals surface area (Å²) in [5.41, 5.74) is 0.651. The molecular formula is C23H36N2O5. The fourth-order valence-electron chi connectivity index (χ4n) is 3.79. The number of carbonyl (C=O) groups excluding carboxylic acids is 2. The zero-order chi connectivity index (χ0) is 22.1. The van der Waals surface area contributed by atoms with Gasteiger partial charge in [0, 0.05) is 31.8 Å². The van der Waals surface area contributed by atoms with Crippen LogP contribution in [0.4, 0.5) is 4.79 Å². The molecule has 0 spiro atoms. The van der Waals surface area contributed by atoms with E-state index in [1.165, 1.54) is 7.11 Å². The van der Waals surface area contributed by atoms with E-state index in [9.17, 15) is 9.59 Å². The van der Waals surface area contributed by atoms with Gasteiger partial charge in [-0.1, -0.05) is 6.07 Å². The monoisotopic (exact) mass is 420 g/mol. The molecule has 7 heteroatoms. The molecule has 0 aliphatic carbocycles. The van der Waals surface area contributed by atoms with Gasteiger partial charge < -0.3 is 19.1 Å². The van der Waals surface area contributed by atoms with Gasteiger partial charge in [-0.25, -0.2) is 9.78 Å². The van der Waals surface area contributed by atoms with E-state index >= 15 is 0 Å². The van der Waals surface area contributed by atoms with Crippen molar-refractivity contribution < 1.29 is 23.8 Å². The molecule has 1 unspecified atom stereocenters. The summed E-state index contributed by atoms with van der Waals surface area (Å²) in [5, 5.41) is 0. The van der Waals surface area contributed by atoms with Crippen molar-refractivity contribution in [1.29, 1.82) is 0 Å². The average molecular weight is 421 g/mol. The van der Waals surface area contributed by atoms with Crippen molar-refractivity contribution in [3.8, 4) is 5.88 Å². The molecule has 1 aromatic heterocycles. The summed E-state index contributed by atoms with van der Waals surface area (Å²) in [7, 11) is 3.02. The minimum Gasteiger partial charge on any atom is -0.481 e. The molecule has 168 valence electrons. The molecule has 1 aliphatic heterocycles. The molecular weight excluding hydrogens is 384 g/mol. The Bertz CT molecular complexity index is 676. The maximum Gasteiger partial charge on any atom is 0.410 e. The third-order valence-corrected chi connectivity index (χ3v) is 5.55. The number of esters is 1. The van der Waals surface area contributed by atoms with Crippen LogP contribution in [0.15, 0.2) is 18.3 Å². The number of methoxy groups -OCH3 is 2. The second-order valence-electron chi connectivity index (χ2n) is 8.93. The lowest BCUT2D eigenvalue weighted by Gasteiger charge is -2.34. The van der Waals surface area contributed by atoms with Crippen LogP contribution in [0.5, 0.6) is 5.88 Å². The average Bonchev–Trinajstić information content (AvgIpc) is 2.73. The van der Waals surface area contributed by atoms with Crippen LogP contribution in [0, 0.1) is 5.92 Å². The number of hydrogen-bond donors (Lipinski definition) is 0. The molecule has 1 saturated heterocycles. The van der Waals surface area contributed by atoms with Gasteiger partial charge in [-0.2, -0.15) is 0 Å². The van der Waals surface area contributed by atoms with Gasteiger partial charge in [-0.05, 0) is 70.3 Å². The maximum absolute atomic E-state index is 12.2. The molecule has 1 aromatic rings. The van der Waals surface area contributed by atoms with Gasteiger partial charge in [0.25, 0.3) is 0 Å². The highest BCUT2D eigenvalue weighted by atomic mass is 16.6. The predicted molar refractivity (Wildman–Crippen MR) is 115 cm³/mol. The lowest BCUT2D eigenvalue weighted by molar-refractivity contribution is -0.140. The highest BCUT2D eigenvalue weighted by molar-refractivity contribution is 5.69. The van der Waals surface area contributed by atoms with E-state index in [-0.39, 0.29) is 18.0 Å². The van der Waals surface area contributed by atoms with Crippen molar-refractivity contribution in [2.45, 2.75) is 70.8 Å². The number of aromatic nitrogens is 1. The minimum absolute atomic E-state index is 0.188. The van der Waals surface area contributed by atoms with Gasteiger partial charge >= 0.3 is 12.1 Å². The van der Waals surface area contributed by atoms with E-state index in [0.717, 1.165) is 50.8 Å². The number of ether oxygens (including phenoxy) is 3. The van der Waals surface area contributed by atoms with Crippen molar-refractivity contribution >= 4 is 12.1 Å². The smallest absolute Gasteiger partial charge is 0.410 e. The summed E-state index contributed by atoms with van der Waals surface area (Å²) >= 11 is 0. The Morgan fingerprint density at radius 3 is 2.40 bits per heavy atom. The first-order valence-electron chi connectivity index (χ1n) is 10.8. The van der Waals surface area contributed by atoms with Crippen LogP contribution in [-0.4, -0.2) is 54.9 Å². The van der Waals surface area contributed by atoms with Gasteiger partial charge in [0.05, 0.1) is 14.2 Å². The van der Waals surface area contributed by atoms with E-state index in [4.69, 9.17) is 14.2 Å². The highest BCUT2D eigenvalue weighted by Gasteiger charge is 2.27. The topological polar surface area (TPSA) is 78.0 Å². The second-order valence-corrected chi connectivity index (χ2v) is 8.93. The van der Waals surface area contributed by atoms with Crippen molar-refractivity contribution in [3.05, 3.63) is 23.9 Å². The van der Waals surface area contributed by atoms with Crippen LogP contribution in [0.25, 0.3) is 0 Å². The molecule has 30 heavy (non-hydrogen) atoms. The Morgan fingerprint density at radius 2 is 1.87 bits per heavy atom. The highest BCUT2D eigenvalue weighted by Crippen LogP contribution is 2.32. The number of pyridine rings is 1. The van der Waals surface area contributed by atoms with Gasteiger partial charge in [0.2, 0.25) is 5.88 Å². The largest absolute Gasteiger partial charge is 0.481 e. The molecule has 0 radical (unpaired) electrons. The first-order valence-corrected chi connectivity index (χ1v) is 10.8. The summed E-state index contributed by atoms with van der Waals surface area (Å²) in [6.07, 6.45) is 6.73. The fourth-order valence-corrected chi connectivity index (χ4v) is 3.79. The molecule has 1 aliphatic rings. The summed E-state index contributed by atoms with van der Waals surface area (Å²) < 4.78 is 15.4. The third-order valence-electron chi connectivity index (χ3n) is 5.55. The number of piperidine rings is 1. The summed E-state index contributed by atoms with van der Waals surface area (Å²) in [6.45, 7) is 7.13. The van der Waals surface area contributed by atoms with Crippen molar-refractivity contribution in [1.82, 2.24) is 9.88 Å². The van der Waals surface area contributed by atoms with E-state index < -0.39 is 5.60 Å². The van der Waals surface area contributed by atoms with Crippen LogP contribution in [0.2, 0.25) is 0 Å². The van der Waals surface area contributed by atoms with Crippen molar-refractivity contribution in [3.63, 3.8) is 0 Å². The van der Waals surface area contributed by atoms with Crippen molar-refractivity contribution in [2.75, 3.05) is 27.3 Å².